The molecule has 1 amide bonds. The first-order chi connectivity index (χ1) is 13.0. The van der Waals surface area contributed by atoms with E-state index in [0.29, 0.717) is 17.2 Å². The highest BCUT2D eigenvalue weighted by Crippen LogP contribution is 2.25. The van der Waals surface area contributed by atoms with Gasteiger partial charge in [-0.15, -0.1) is 0 Å². The number of anilines is 1. The zero-order valence-electron chi connectivity index (χ0n) is 14.4. The van der Waals surface area contributed by atoms with Crippen molar-refractivity contribution >= 4 is 17.7 Å². The van der Waals surface area contributed by atoms with Gasteiger partial charge in [0, 0.05) is 24.5 Å². The van der Waals surface area contributed by atoms with Crippen LogP contribution in [-0.4, -0.2) is 26.8 Å². The highest BCUT2D eigenvalue weighted by Gasteiger charge is 2.14. The molecule has 6 nitrogen and oxygen atoms in total. The molecule has 0 radical (unpaired) electrons. The molecule has 138 valence electrons. The van der Waals surface area contributed by atoms with Gasteiger partial charge in [0.25, 0.3) is 0 Å². The van der Waals surface area contributed by atoms with E-state index in [4.69, 9.17) is 5.11 Å². The van der Waals surface area contributed by atoms with E-state index in [-0.39, 0.29) is 31.0 Å². The Labute approximate surface area is 155 Å². The molecule has 0 bridgehead atoms. The van der Waals surface area contributed by atoms with Crippen LogP contribution in [0.4, 0.5) is 10.2 Å². The number of rotatable bonds is 7. The van der Waals surface area contributed by atoms with Crippen molar-refractivity contribution in [3.8, 4) is 16.9 Å². The lowest BCUT2D eigenvalue weighted by atomic mass is 10.1. The zero-order chi connectivity index (χ0) is 19.2. The van der Waals surface area contributed by atoms with Crippen molar-refractivity contribution in [1.82, 2.24) is 9.78 Å². The number of aliphatic carboxylic acids is 1. The molecule has 3 rings (SSSR count). The van der Waals surface area contributed by atoms with Crippen LogP contribution in [0.1, 0.15) is 19.3 Å². The van der Waals surface area contributed by atoms with E-state index in [1.807, 2.05) is 30.3 Å². The summed E-state index contributed by atoms with van der Waals surface area (Å²) in [5.41, 5.74) is 2.12. The third-order valence-electron chi connectivity index (χ3n) is 3.91. The maximum absolute atomic E-state index is 13.2. The molecule has 0 spiro atoms. The van der Waals surface area contributed by atoms with Gasteiger partial charge in [-0.25, -0.2) is 9.07 Å². The van der Waals surface area contributed by atoms with Gasteiger partial charge in [0.1, 0.15) is 11.6 Å². The SMILES string of the molecule is O=C(O)CCCC(=O)Nc1cc(-c2ccccc2)nn1-c1ccc(F)cc1. The Morgan fingerprint density at radius 1 is 1.04 bits per heavy atom. The molecule has 7 heteroatoms. The van der Waals surface area contributed by atoms with Crippen LogP contribution in [0.25, 0.3) is 16.9 Å². The Morgan fingerprint density at radius 3 is 2.41 bits per heavy atom. The molecule has 1 heterocycles. The largest absolute Gasteiger partial charge is 0.481 e. The third kappa shape index (κ3) is 4.78. The summed E-state index contributed by atoms with van der Waals surface area (Å²) in [7, 11) is 0. The number of carbonyl (C=O) groups is 2. The second-order valence-electron chi connectivity index (χ2n) is 5.96. The number of amides is 1. The Kier molecular flexibility index (Phi) is 5.61. The zero-order valence-corrected chi connectivity index (χ0v) is 14.4. The van der Waals surface area contributed by atoms with E-state index in [1.165, 1.54) is 16.8 Å². The maximum atomic E-state index is 13.2. The number of carboxylic acid groups (broad SMARTS) is 1. The van der Waals surface area contributed by atoms with Gasteiger partial charge < -0.3 is 10.4 Å². The molecule has 0 saturated heterocycles. The highest BCUT2D eigenvalue weighted by molar-refractivity contribution is 5.91. The molecule has 0 aliphatic heterocycles. The predicted octanol–water partition coefficient (Wildman–Crippen LogP) is 3.87. The van der Waals surface area contributed by atoms with Gasteiger partial charge >= 0.3 is 5.97 Å². The van der Waals surface area contributed by atoms with Crippen molar-refractivity contribution in [2.75, 3.05) is 5.32 Å². The van der Waals surface area contributed by atoms with Gasteiger partial charge in [0.2, 0.25) is 5.91 Å². The summed E-state index contributed by atoms with van der Waals surface area (Å²) in [4.78, 5) is 22.8. The molecule has 27 heavy (non-hydrogen) atoms. The summed E-state index contributed by atoms with van der Waals surface area (Å²) < 4.78 is 14.8. The number of carbonyl (C=O) groups excluding carboxylic acids is 1. The summed E-state index contributed by atoms with van der Waals surface area (Å²) in [6.07, 6.45) is 0.263. The Morgan fingerprint density at radius 2 is 1.74 bits per heavy atom. The maximum Gasteiger partial charge on any atom is 0.303 e. The van der Waals surface area contributed by atoms with E-state index in [0.717, 1.165) is 5.56 Å². The smallest absolute Gasteiger partial charge is 0.303 e. The van der Waals surface area contributed by atoms with Crippen LogP contribution < -0.4 is 5.32 Å². The number of hydrogen-bond donors (Lipinski definition) is 2. The number of nitrogens with zero attached hydrogens (tertiary/aromatic N) is 2. The second-order valence-corrected chi connectivity index (χ2v) is 5.96. The fourth-order valence-electron chi connectivity index (χ4n) is 2.60. The average Bonchev–Trinajstić information content (AvgIpc) is 3.06. The summed E-state index contributed by atoms with van der Waals surface area (Å²) in [6.45, 7) is 0. The van der Waals surface area contributed by atoms with Crippen molar-refractivity contribution in [3.05, 3.63) is 66.5 Å². The molecule has 1 aromatic heterocycles. The first-order valence-electron chi connectivity index (χ1n) is 8.46. The van der Waals surface area contributed by atoms with E-state index in [2.05, 4.69) is 10.4 Å². The Balaban J connectivity index is 1.88. The molecule has 0 aliphatic rings. The minimum absolute atomic E-state index is 0.0695. The number of aromatic nitrogens is 2. The van der Waals surface area contributed by atoms with Crippen LogP contribution in [0.15, 0.2) is 60.7 Å². The quantitative estimate of drug-likeness (QED) is 0.664. The van der Waals surface area contributed by atoms with Crippen LogP contribution in [-0.2, 0) is 9.59 Å². The van der Waals surface area contributed by atoms with Crippen molar-refractivity contribution in [1.29, 1.82) is 0 Å². The van der Waals surface area contributed by atoms with E-state index in [1.54, 1.807) is 18.2 Å². The van der Waals surface area contributed by atoms with Crippen molar-refractivity contribution in [2.45, 2.75) is 19.3 Å². The van der Waals surface area contributed by atoms with Gasteiger partial charge in [0.15, 0.2) is 0 Å². The number of benzene rings is 2. The number of hydrogen-bond acceptors (Lipinski definition) is 3. The minimum Gasteiger partial charge on any atom is -0.481 e. The van der Waals surface area contributed by atoms with Crippen LogP contribution in [0, 0.1) is 5.82 Å². The Hall–Kier alpha value is -3.48. The van der Waals surface area contributed by atoms with Crippen LogP contribution in [0.2, 0.25) is 0 Å². The molecule has 0 unspecified atom stereocenters. The molecule has 0 fully saturated rings. The van der Waals surface area contributed by atoms with Crippen molar-refractivity contribution in [3.63, 3.8) is 0 Å². The topological polar surface area (TPSA) is 84.2 Å². The Bertz CT molecular complexity index is 937. The molecule has 0 aliphatic carbocycles. The molecule has 3 aromatic rings. The normalized spacial score (nSPS) is 10.6. The van der Waals surface area contributed by atoms with Gasteiger partial charge in [-0.3, -0.25) is 9.59 Å². The van der Waals surface area contributed by atoms with Gasteiger partial charge in [-0.2, -0.15) is 5.10 Å². The van der Waals surface area contributed by atoms with E-state index < -0.39 is 5.97 Å². The number of carboxylic acids is 1. The van der Waals surface area contributed by atoms with Crippen LogP contribution in [0.5, 0.6) is 0 Å². The minimum atomic E-state index is -0.939. The molecular weight excluding hydrogens is 349 g/mol. The van der Waals surface area contributed by atoms with Crippen molar-refractivity contribution in [2.24, 2.45) is 0 Å². The number of nitrogens with one attached hydrogen (secondary N) is 1. The lowest BCUT2D eigenvalue weighted by Gasteiger charge is -2.08. The first-order valence-corrected chi connectivity index (χ1v) is 8.46. The molecule has 0 saturated carbocycles. The lowest BCUT2D eigenvalue weighted by Crippen LogP contribution is -2.15. The second kappa shape index (κ2) is 8.27. The van der Waals surface area contributed by atoms with Crippen LogP contribution in [0.3, 0.4) is 0 Å². The summed E-state index contributed by atoms with van der Waals surface area (Å²) in [6, 6.07) is 17.0. The van der Waals surface area contributed by atoms with Gasteiger partial charge in [-0.1, -0.05) is 30.3 Å². The third-order valence-corrected chi connectivity index (χ3v) is 3.91. The number of halogens is 1. The van der Waals surface area contributed by atoms with E-state index in [9.17, 15) is 14.0 Å². The highest BCUT2D eigenvalue weighted by atomic mass is 19.1. The fraction of sp³-hybridized carbons (Fsp3) is 0.150. The average molecular weight is 367 g/mol. The predicted molar refractivity (Wildman–Crippen MR) is 99.1 cm³/mol. The van der Waals surface area contributed by atoms with Crippen molar-refractivity contribution < 1.29 is 19.1 Å². The lowest BCUT2D eigenvalue weighted by molar-refractivity contribution is -0.137. The molecule has 2 aromatic carbocycles. The first kappa shape index (κ1) is 18.3. The standard InChI is InChI=1S/C20H18FN3O3/c21-15-9-11-16(12-10-15)24-18(22-19(25)7-4-8-20(26)27)13-17(23-24)14-5-2-1-3-6-14/h1-3,5-6,9-13H,4,7-8H2,(H,22,25)(H,26,27). The monoisotopic (exact) mass is 367 g/mol. The van der Waals surface area contributed by atoms with Gasteiger partial charge in [-0.05, 0) is 30.7 Å². The molecular formula is C20H18FN3O3. The molecule has 0 atom stereocenters. The molecule has 2 N–H and O–H groups in total. The van der Waals surface area contributed by atoms with Crippen LogP contribution >= 0.6 is 0 Å². The van der Waals surface area contributed by atoms with Gasteiger partial charge in [0.05, 0.1) is 11.4 Å². The summed E-state index contributed by atoms with van der Waals surface area (Å²) in [5, 5.41) is 16.0. The summed E-state index contributed by atoms with van der Waals surface area (Å²) >= 11 is 0. The fourth-order valence-corrected chi connectivity index (χ4v) is 2.60. The summed E-state index contributed by atoms with van der Waals surface area (Å²) in [5.74, 6) is -1.18. The van der Waals surface area contributed by atoms with E-state index >= 15 is 0 Å².